The average Bonchev–Trinajstić information content (AvgIpc) is 3.39. The molecule has 0 bridgehead atoms. The standard InChI is InChI=1S/2C12H14N3.2BrH.H2O/c2*1-3-6-14-7-8-15(10-14)12-9-11(2)4-5-13-12;;;/h2*3-5,7-10H,1,6H2,2H3;2*1H;1H2/q2*+1;;;/p-2. The molecule has 0 aliphatic carbocycles. The van der Waals surface area contributed by atoms with Gasteiger partial charge in [0.15, 0.2) is 0 Å². The summed E-state index contributed by atoms with van der Waals surface area (Å²) in [6.45, 7) is 13.2. The zero-order chi connectivity index (χ0) is 21.3. The summed E-state index contributed by atoms with van der Waals surface area (Å²) < 4.78 is 8.10. The van der Waals surface area contributed by atoms with Gasteiger partial charge >= 0.3 is 0 Å². The van der Waals surface area contributed by atoms with Crippen molar-refractivity contribution in [2.75, 3.05) is 0 Å². The normalized spacial score (nSPS) is 9.27. The van der Waals surface area contributed by atoms with Gasteiger partial charge in [-0.25, -0.2) is 19.1 Å². The van der Waals surface area contributed by atoms with E-state index in [1.165, 1.54) is 11.1 Å². The van der Waals surface area contributed by atoms with E-state index in [0.717, 1.165) is 24.7 Å². The molecule has 0 atom stereocenters. The zero-order valence-corrected chi connectivity index (χ0v) is 22.0. The maximum Gasteiger partial charge on any atom is 0.250 e. The Kier molecular flexibility index (Phi) is 13.7. The van der Waals surface area contributed by atoms with Gasteiger partial charge in [-0.2, -0.15) is 9.13 Å². The third-order valence-electron chi connectivity index (χ3n) is 4.39. The van der Waals surface area contributed by atoms with E-state index in [4.69, 9.17) is 0 Å². The number of allylic oxidation sites excluding steroid dienone is 2. The van der Waals surface area contributed by atoms with E-state index in [0.29, 0.717) is 0 Å². The molecule has 4 heterocycles. The lowest BCUT2D eigenvalue weighted by Gasteiger charge is -1.95. The fourth-order valence-corrected chi connectivity index (χ4v) is 2.90. The highest BCUT2D eigenvalue weighted by molar-refractivity contribution is 5.26. The second kappa shape index (κ2) is 15.0. The highest BCUT2D eigenvalue weighted by atomic mass is 79.9. The first-order valence-corrected chi connectivity index (χ1v) is 9.81. The van der Waals surface area contributed by atoms with Crippen molar-refractivity contribution >= 4 is 0 Å². The van der Waals surface area contributed by atoms with E-state index < -0.39 is 0 Å². The Balaban J connectivity index is 0.000000569. The van der Waals surface area contributed by atoms with Gasteiger partial charge in [0.05, 0.1) is 0 Å². The predicted molar refractivity (Wildman–Crippen MR) is 121 cm³/mol. The summed E-state index contributed by atoms with van der Waals surface area (Å²) in [5.41, 5.74) is 2.42. The summed E-state index contributed by atoms with van der Waals surface area (Å²) >= 11 is 0. The van der Waals surface area contributed by atoms with Gasteiger partial charge in [0.25, 0.3) is 0 Å². The molecular weight excluding hydrogens is 548 g/mol. The van der Waals surface area contributed by atoms with Gasteiger partial charge in [-0.3, -0.25) is 0 Å². The van der Waals surface area contributed by atoms with Crippen molar-refractivity contribution in [2.24, 2.45) is 0 Å². The highest BCUT2D eigenvalue weighted by Crippen LogP contribution is 2.05. The van der Waals surface area contributed by atoms with Crippen molar-refractivity contribution in [1.29, 1.82) is 0 Å². The number of imidazole rings is 2. The fraction of sp³-hybridized carbons (Fsp3) is 0.167. The van der Waals surface area contributed by atoms with Crippen LogP contribution in [-0.4, -0.2) is 24.6 Å². The van der Waals surface area contributed by atoms with Crippen LogP contribution in [0.25, 0.3) is 11.6 Å². The van der Waals surface area contributed by atoms with Crippen molar-refractivity contribution in [3.05, 3.63) is 111 Å². The van der Waals surface area contributed by atoms with Crippen molar-refractivity contribution in [3.63, 3.8) is 0 Å². The Morgan fingerprint density at radius 3 is 1.52 bits per heavy atom. The minimum absolute atomic E-state index is 0. The number of hydrogen-bond donors (Lipinski definition) is 0. The topological polar surface area (TPSA) is 74.9 Å². The van der Waals surface area contributed by atoms with Gasteiger partial charge in [0.2, 0.25) is 24.3 Å². The predicted octanol–water partition coefficient (Wildman–Crippen LogP) is -3.51. The van der Waals surface area contributed by atoms with Crippen LogP contribution < -0.4 is 43.1 Å². The van der Waals surface area contributed by atoms with Gasteiger partial charge in [-0.05, 0) is 37.1 Å². The van der Waals surface area contributed by atoms with Crippen LogP contribution >= 0.6 is 0 Å². The molecule has 176 valence electrons. The number of pyridine rings is 2. The molecule has 0 aromatic carbocycles. The van der Waals surface area contributed by atoms with E-state index in [1.54, 1.807) is 0 Å². The van der Waals surface area contributed by atoms with Gasteiger partial charge in [-0.1, -0.05) is 25.3 Å². The summed E-state index contributed by atoms with van der Waals surface area (Å²) in [7, 11) is 0. The van der Waals surface area contributed by atoms with E-state index in [9.17, 15) is 0 Å². The number of hydrogen-bond acceptors (Lipinski definition) is 2. The van der Waals surface area contributed by atoms with Crippen molar-refractivity contribution in [1.82, 2.24) is 19.1 Å². The molecule has 4 rings (SSSR count). The zero-order valence-electron chi connectivity index (χ0n) is 18.9. The molecule has 0 saturated heterocycles. The summed E-state index contributed by atoms with van der Waals surface area (Å²) in [4.78, 5) is 8.61. The number of aryl methyl sites for hydroxylation is 2. The lowest BCUT2D eigenvalue weighted by atomic mass is 10.3. The molecule has 0 amide bonds. The number of rotatable bonds is 6. The molecule has 0 fully saturated rings. The first kappa shape index (κ1) is 30.1. The highest BCUT2D eigenvalue weighted by Gasteiger charge is 2.07. The maximum atomic E-state index is 4.31. The van der Waals surface area contributed by atoms with E-state index in [1.807, 2.05) is 83.3 Å². The van der Waals surface area contributed by atoms with Gasteiger partial charge in [-0.15, -0.1) is 0 Å². The van der Waals surface area contributed by atoms with Crippen LogP contribution in [0, 0.1) is 13.8 Å². The fourth-order valence-electron chi connectivity index (χ4n) is 2.90. The molecular formula is C24H30Br2N6O. The summed E-state index contributed by atoms with van der Waals surface area (Å²) in [5.74, 6) is 1.88. The molecule has 9 heteroatoms. The van der Waals surface area contributed by atoms with E-state index in [2.05, 4.69) is 58.2 Å². The van der Waals surface area contributed by atoms with Crippen molar-refractivity contribution in [3.8, 4) is 11.6 Å². The molecule has 4 aromatic heterocycles. The molecule has 4 aromatic rings. The van der Waals surface area contributed by atoms with E-state index >= 15 is 0 Å². The molecule has 0 saturated carbocycles. The molecule has 0 aliphatic heterocycles. The van der Waals surface area contributed by atoms with Crippen LogP contribution in [0.5, 0.6) is 0 Å². The third kappa shape index (κ3) is 8.88. The van der Waals surface area contributed by atoms with Crippen molar-refractivity contribution in [2.45, 2.75) is 26.9 Å². The molecule has 2 N–H and O–H groups in total. The molecule has 0 unspecified atom stereocenters. The number of halogens is 2. The van der Waals surface area contributed by atoms with Crippen LogP contribution in [0.4, 0.5) is 0 Å². The summed E-state index contributed by atoms with van der Waals surface area (Å²) in [5, 5.41) is 0. The van der Waals surface area contributed by atoms with E-state index in [-0.39, 0.29) is 39.4 Å². The SMILES string of the molecule is C=CC[n+]1ccn(-c2cc(C)ccn2)c1.C=CC[n+]1ccn(-c2cc(C)ccn2)c1.O.[Br-].[Br-]. The Labute approximate surface area is 216 Å². The smallest absolute Gasteiger partial charge is 0.250 e. The Morgan fingerprint density at radius 2 is 1.18 bits per heavy atom. The Bertz CT molecular complexity index is 1050. The monoisotopic (exact) mass is 576 g/mol. The molecule has 0 aliphatic rings. The molecule has 7 nitrogen and oxygen atoms in total. The minimum Gasteiger partial charge on any atom is -1.00 e. The Morgan fingerprint density at radius 1 is 0.788 bits per heavy atom. The van der Waals surface area contributed by atoms with Crippen molar-refractivity contribution < 1.29 is 48.6 Å². The minimum atomic E-state index is 0. The van der Waals surface area contributed by atoms with Gasteiger partial charge < -0.3 is 39.4 Å². The summed E-state index contributed by atoms with van der Waals surface area (Å²) in [6, 6.07) is 8.09. The van der Waals surface area contributed by atoms with Crippen LogP contribution in [-0.2, 0) is 13.1 Å². The van der Waals surface area contributed by atoms with Crippen LogP contribution in [0.1, 0.15) is 11.1 Å². The quantitative estimate of drug-likeness (QED) is 0.176. The second-order valence-electron chi connectivity index (χ2n) is 7.00. The lowest BCUT2D eigenvalue weighted by molar-refractivity contribution is -0.686. The third-order valence-corrected chi connectivity index (χ3v) is 4.39. The largest absolute Gasteiger partial charge is 1.00 e. The van der Waals surface area contributed by atoms with Gasteiger partial charge in [0.1, 0.15) is 37.9 Å². The maximum absolute atomic E-state index is 4.31. The van der Waals surface area contributed by atoms with Crippen LogP contribution in [0.2, 0.25) is 0 Å². The van der Waals surface area contributed by atoms with Crippen LogP contribution in [0.15, 0.2) is 99.4 Å². The molecule has 0 radical (unpaired) electrons. The average molecular weight is 578 g/mol. The van der Waals surface area contributed by atoms with Gasteiger partial charge in [0, 0.05) is 24.5 Å². The molecule has 0 spiro atoms. The summed E-state index contributed by atoms with van der Waals surface area (Å²) in [6.07, 6.45) is 19.4. The molecule has 33 heavy (non-hydrogen) atoms. The Hall–Kier alpha value is -2.88. The first-order chi connectivity index (χ1) is 14.6. The number of nitrogens with zero attached hydrogens (tertiary/aromatic N) is 6. The first-order valence-electron chi connectivity index (χ1n) is 9.81. The van der Waals surface area contributed by atoms with Crippen LogP contribution in [0.3, 0.4) is 0 Å². The second-order valence-corrected chi connectivity index (χ2v) is 7.00. The lowest BCUT2D eigenvalue weighted by Crippen LogP contribution is -3.00. The number of aromatic nitrogens is 6.